The molecular formula is C12H12N2O2. The van der Waals surface area contributed by atoms with Crippen LogP contribution in [0.4, 0.5) is 5.69 Å². The van der Waals surface area contributed by atoms with Gasteiger partial charge >= 0.3 is 5.97 Å². The molecule has 0 spiro atoms. The van der Waals surface area contributed by atoms with E-state index in [2.05, 4.69) is 6.07 Å². The molecule has 0 saturated carbocycles. The lowest BCUT2D eigenvalue weighted by Gasteiger charge is -2.24. The molecule has 1 N–H and O–H groups in total. The quantitative estimate of drug-likeness (QED) is 0.815. The van der Waals surface area contributed by atoms with Gasteiger partial charge < -0.3 is 10.0 Å². The molecule has 0 aromatic heterocycles. The maximum absolute atomic E-state index is 11.1. The summed E-state index contributed by atoms with van der Waals surface area (Å²) < 4.78 is 0. The van der Waals surface area contributed by atoms with Crippen LogP contribution in [0.2, 0.25) is 0 Å². The standard InChI is InChI=1S/C12H12N2O2/c13-8-9-4-1-2-5-10(9)14-7-3-6-11(14)12(15)16/h1-2,4-5,11H,3,6-7H2,(H,15,16). The molecule has 1 aliphatic rings. The van der Waals surface area contributed by atoms with Crippen LogP contribution in [0, 0.1) is 11.3 Å². The van der Waals surface area contributed by atoms with E-state index < -0.39 is 12.0 Å². The van der Waals surface area contributed by atoms with Crippen LogP contribution in [0.15, 0.2) is 24.3 Å². The molecule has 2 rings (SSSR count). The van der Waals surface area contributed by atoms with Gasteiger partial charge in [0, 0.05) is 6.54 Å². The van der Waals surface area contributed by atoms with Gasteiger partial charge in [-0.05, 0) is 25.0 Å². The van der Waals surface area contributed by atoms with Gasteiger partial charge in [-0.2, -0.15) is 5.26 Å². The van der Waals surface area contributed by atoms with Crippen molar-refractivity contribution in [1.82, 2.24) is 0 Å². The first kappa shape index (κ1) is 10.5. The summed E-state index contributed by atoms with van der Waals surface area (Å²) in [5, 5.41) is 18.1. The Morgan fingerprint density at radius 2 is 2.25 bits per heavy atom. The molecule has 4 heteroatoms. The molecule has 1 fully saturated rings. The Kier molecular flexibility index (Phi) is 2.78. The number of anilines is 1. The molecule has 1 saturated heterocycles. The van der Waals surface area contributed by atoms with Crippen LogP contribution < -0.4 is 4.90 Å². The van der Waals surface area contributed by atoms with Crippen LogP contribution in [0.25, 0.3) is 0 Å². The number of carboxylic acid groups (broad SMARTS) is 1. The second kappa shape index (κ2) is 4.23. The fourth-order valence-electron chi connectivity index (χ4n) is 2.13. The van der Waals surface area contributed by atoms with Crippen molar-refractivity contribution in [3.05, 3.63) is 29.8 Å². The molecule has 1 aromatic rings. The van der Waals surface area contributed by atoms with E-state index in [1.165, 1.54) is 0 Å². The van der Waals surface area contributed by atoms with E-state index in [1.54, 1.807) is 23.1 Å². The van der Waals surface area contributed by atoms with Gasteiger partial charge in [0.05, 0.1) is 11.3 Å². The van der Waals surface area contributed by atoms with Crippen LogP contribution in [-0.4, -0.2) is 23.7 Å². The molecule has 0 radical (unpaired) electrons. The SMILES string of the molecule is N#Cc1ccccc1N1CCCC1C(=O)O. The number of nitriles is 1. The summed E-state index contributed by atoms with van der Waals surface area (Å²) in [6.45, 7) is 0.704. The first-order valence-electron chi connectivity index (χ1n) is 5.22. The van der Waals surface area contributed by atoms with Crippen LogP contribution in [0.1, 0.15) is 18.4 Å². The van der Waals surface area contributed by atoms with Crippen LogP contribution in [-0.2, 0) is 4.79 Å². The first-order chi connectivity index (χ1) is 7.74. The third kappa shape index (κ3) is 1.72. The molecular weight excluding hydrogens is 204 g/mol. The molecule has 4 nitrogen and oxygen atoms in total. The highest BCUT2D eigenvalue weighted by molar-refractivity contribution is 5.80. The van der Waals surface area contributed by atoms with Crippen molar-refractivity contribution in [2.75, 3.05) is 11.4 Å². The van der Waals surface area contributed by atoms with E-state index in [-0.39, 0.29) is 0 Å². The van der Waals surface area contributed by atoms with Crippen molar-refractivity contribution < 1.29 is 9.90 Å². The highest BCUT2D eigenvalue weighted by atomic mass is 16.4. The van der Waals surface area contributed by atoms with E-state index >= 15 is 0 Å². The number of hydrogen-bond donors (Lipinski definition) is 1. The minimum atomic E-state index is -0.815. The van der Waals surface area contributed by atoms with Gasteiger partial charge in [-0.15, -0.1) is 0 Å². The monoisotopic (exact) mass is 216 g/mol. The van der Waals surface area contributed by atoms with Crippen molar-refractivity contribution in [2.24, 2.45) is 0 Å². The maximum atomic E-state index is 11.1. The lowest BCUT2D eigenvalue weighted by atomic mass is 10.1. The third-order valence-corrected chi connectivity index (χ3v) is 2.87. The zero-order valence-corrected chi connectivity index (χ0v) is 8.76. The lowest BCUT2D eigenvalue weighted by Crippen LogP contribution is -2.36. The zero-order valence-electron chi connectivity index (χ0n) is 8.76. The van der Waals surface area contributed by atoms with Crippen molar-refractivity contribution in [3.63, 3.8) is 0 Å². The number of benzene rings is 1. The number of carbonyl (C=O) groups is 1. The zero-order chi connectivity index (χ0) is 11.5. The predicted octanol–water partition coefficient (Wildman–Crippen LogP) is 1.61. The summed E-state index contributed by atoms with van der Waals surface area (Å²) in [6, 6.07) is 8.74. The van der Waals surface area contributed by atoms with Crippen LogP contribution in [0.3, 0.4) is 0 Å². The number of hydrogen-bond acceptors (Lipinski definition) is 3. The molecule has 1 unspecified atom stereocenters. The minimum absolute atomic E-state index is 0.491. The number of nitrogens with zero attached hydrogens (tertiary/aromatic N) is 2. The van der Waals surface area contributed by atoms with Gasteiger partial charge in [0.2, 0.25) is 0 Å². The number of aliphatic carboxylic acids is 1. The van der Waals surface area contributed by atoms with E-state index in [9.17, 15) is 4.79 Å². The minimum Gasteiger partial charge on any atom is -0.480 e. The molecule has 1 aromatic carbocycles. The Labute approximate surface area is 93.7 Å². The normalized spacial score (nSPS) is 19.4. The summed E-state index contributed by atoms with van der Waals surface area (Å²) in [5.41, 5.74) is 1.27. The van der Waals surface area contributed by atoms with E-state index in [1.807, 2.05) is 6.07 Å². The summed E-state index contributed by atoms with van der Waals surface area (Å²) in [7, 11) is 0. The molecule has 1 aliphatic heterocycles. The van der Waals surface area contributed by atoms with Crippen molar-refractivity contribution in [1.29, 1.82) is 5.26 Å². The topological polar surface area (TPSA) is 64.3 Å². The van der Waals surface area contributed by atoms with Crippen molar-refractivity contribution in [3.8, 4) is 6.07 Å². The Morgan fingerprint density at radius 1 is 1.50 bits per heavy atom. The molecule has 1 heterocycles. The fourth-order valence-corrected chi connectivity index (χ4v) is 2.13. The van der Waals surface area contributed by atoms with Crippen molar-refractivity contribution in [2.45, 2.75) is 18.9 Å². The second-order valence-corrected chi connectivity index (χ2v) is 3.82. The maximum Gasteiger partial charge on any atom is 0.326 e. The Hall–Kier alpha value is -2.02. The van der Waals surface area contributed by atoms with Gasteiger partial charge in [0.25, 0.3) is 0 Å². The van der Waals surface area contributed by atoms with Crippen LogP contribution in [0.5, 0.6) is 0 Å². The first-order valence-corrected chi connectivity index (χ1v) is 5.22. The van der Waals surface area contributed by atoms with Gasteiger partial charge in [0.15, 0.2) is 0 Å². The molecule has 0 amide bonds. The fraction of sp³-hybridized carbons (Fsp3) is 0.333. The number of rotatable bonds is 2. The van der Waals surface area contributed by atoms with Gasteiger partial charge in [-0.3, -0.25) is 0 Å². The molecule has 0 aliphatic carbocycles. The van der Waals surface area contributed by atoms with Gasteiger partial charge in [0.1, 0.15) is 12.1 Å². The number of para-hydroxylation sites is 1. The third-order valence-electron chi connectivity index (χ3n) is 2.87. The summed E-state index contributed by atoms with van der Waals surface area (Å²) in [4.78, 5) is 12.9. The van der Waals surface area contributed by atoms with Gasteiger partial charge in [-0.1, -0.05) is 12.1 Å². The Balaban J connectivity index is 2.37. The molecule has 1 atom stereocenters. The van der Waals surface area contributed by atoms with Crippen LogP contribution >= 0.6 is 0 Å². The molecule has 16 heavy (non-hydrogen) atoms. The second-order valence-electron chi connectivity index (χ2n) is 3.82. The average molecular weight is 216 g/mol. The molecule has 0 bridgehead atoms. The predicted molar refractivity (Wildman–Crippen MR) is 59.2 cm³/mol. The average Bonchev–Trinajstić information content (AvgIpc) is 2.77. The summed E-state index contributed by atoms with van der Waals surface area (Å²) >= 11 is 0. The van der Waals surface area contributed by atoms with E-state index in [0.717, 1.165) is 12.1 Å². The summed E-state index contributed by atoms with van der Waals surface area (Å²) in [5.74, 6) is -0.815. The Morgan fingerprint density at radius 3 is 2.94 bits per heavy atom. The van der Waals surface area contributed by atoms with E-state index in [4.69, 9.17) is 10.4 Å². The smallest absolute Gasteiger partial charge is 0.326 e. The van der Waals surface area contributed by atoms with E-state index in [0.29, 0.717) is 18.5 Å². The van der Waals surface area contributed by atoms with Crippen molar-refractivity contribution >= 4 is 11.7 Å². The van der Waals surface area contributed by atoms with Gasteiger partial charge in [-0.25, -0.2) is 4.79 Å². The number of carboxylic acids is 1. The molecule has 82 valence electrons. The largest absolute Gasteiger partial charge is 0.480 e. The lowest BCUT2D eigenvalue weighted by molar-refractivity contribution is -0.138. The summed E-state index contributed by atoms with van der Waals surface area (Å²) in [6.07, 6.45) is 1.51. The highest BCUT2D eigenvalue weighted by Crippen LogP contribution is 2.28. The Bertz CT molecular complexity index is 451. The highest BCUT2D eigenvalue weighted by Gasteiger charge is 2.31.